The van der Waals surface area contributed by atoms with Crippen molar-refractivity contribution in [1.82, 2.24) is 9.80 Å². The van der Waals surface area contributed by atoms with Crippen molar-refractivity contribution in [3.63, 3.8) is 0 Å². The standard InChI is InChI=1S/C27H24N2O7S2/c1-28-24(32)27-14-18-15-35-11-10-21(36-23(31)17-8-9-20(34-2)19(30)12-17)22(18)29(27)25(33)26(28,37-38-27)13-16-6-4-3-5-7-16/h3-12,15,21-22,30H,13-14H2,1-2H3/t21-,22-,26+,27+/m0/s1. The van der Waals surface area contributed by atoms with Crippen LogP contribution in [-0.2, 0) is 25.5 Å². The lowest BCUT2D eigenvalue weighted by molar-refractivity contribution is -0.166. The first-order valence-electron chi connectivity index (χ1n) is 11.9. The maximum atomic E-state index is 14.3. The molecule has 9 nitrogen and oxygen atoms in total. The molecule has 0 unspecified atom stereocenters. The van der Waals surface area contributed by atoms with Gasteiger partial charge in [-0.3, -0.25) is 9.59 Å². The Morgan fingerprint density at radius 2 is 1.95 bits per heavy atom. The van der Waals surface area contributed by atoms with Crippen LogP contribution >= 0.6 is 21.6 Å². The fourth-order valence-corrected chi connectivity index (χ4v) is 9.21. The van der Waals surface area contributed by atoms with Gasteiger partial charge in [0.1, 0.15) is 6.10 Å². The molecule has 5 heterocycles. The van der Waals surface area contributed by atoms with Gasteiger partial charge in [-0.25, -0.2) is 4.79 Å². The van der Waals surface area contributed by atoms with E-state index in [1.54, 1.807) is 22.9 Å². The van der Waals surface area contributed by atoms with Crippen molar-refractivity contribution in [2.75, 3.05) is 14.2 Å². The summed E-state index contributed by atoms with van der Waals surface area (Å²) in [5, 5.41) is 10.1. The first-order chi connectivity index (χ1) is 18.3. The highest BCUT2D eigenvalue weighted by Gasteiger charge is 2.73. The number of phenols is 1. The molecule has 0 aromatic heterocycles. The zero-order valence-electron chi connectivity index (χ0n) is 20.5. The summed E-state index contributed by atoms with van der Waals surface area (Å²) in [6, 6.07) is 13.1. The number of aromatic hydroxyl groups is 1. The first kappa shape index (κ1) is 24.7. The number of likely N-dealkylation sites (N-methyl/N-ethyl adjacent to an activating group) is 1. The molecular weight excluding hydrogens is 528 g/mol. The van der Waals surface area contributed by atoms with Crippen molar-refractivity contribution in [3.8, 4) is 11.5 Å². The Bertz CT molecular complexity index is 1400. The van der Waals surface area contributed by atoms with Crippen molar-refractivity contribution >= 4 is 39.4 Å². The van der Waals surface area contributed by atoms with Crippen LogP contribution < -0.4 is 4.74 Å². The van der Waals surface area contributed by atoms with Gasteiger partial charge < -0.3 is 29.1 Å². The van der Waals surface area contributed by atoms with Crippen molar-refractivity contribution < 1.29 is 33.7 Å². The summed E-state index contributed by atoms with van der Waals surface area (Å²) in [7, 11) is 5.89. The third-order valence-electron chi connectivity index (χ3n) is 7.36. The van der Waals surface area contributed by atoms with E-state index in [9.17, 15) is 19.5 Å². The predicted octanol–water partition coefficient (Wildman–Crippen LogP) is 3.46. The van der Waals surface area contributed by atoms with Gasteiger partial charge >= 0.3 is 5.97 Å². The molecule has 196 valence electrons. The predicted molar refractivity (Wildman–Crippen MR) is 141 cm³/mol. The van der Waals surface area contributed by atoms with E-state index in [1.807, 2.05) is 30.3 Å². The summed E-state index contributed by atoms with van der Waals surface area (Å²) in [6.45, 7) is 0. The Balaban J connectivity index is 1.36. The molecule has 5 aliphatic heterocycles. The van der Waals surface area contributed by atoms with E-state index < -0.39 is 27.9 Å². The molecule has 11 heteroatoms. The van der Waals surface area contributed by atoms with E-state index in [2.05, 4.69) is 0 Å². The minimum absolute atomic E-state index is 0.118. The van der Waals surface area contributed by atoms with Gasteiger partial charge in [0.25, 0.3) is 11.8 Å². The molecule has 2 aromatic carbocycles. The van der Waals surface area contributed by atoms with E-state index >= 15 is 0 Å². The zero-order chi connectivity index (χ0) is 26.7. The smallest absolute Gasteiger partial charge is 0.338 e. The molecule has 5 aliphatic rings. The lowest BCUT2D eigenvalue weighted by Gasteiger charge is -2.58. The summed E-state index contributed by atoms with van der Waals surface area (Å²) >= 11 is 0. The molecule has 0 radical (unpaired) electrons. The lowest BCUT2D eigenvalue weighted by atomic mass is 9.97. The fourth-order valence-electron chi connectivity index (χ4n) is 5.45. The van der Waals surface area contributed by atoms with Crippen molar-refractivity contribution in [1.29, 1.82) is 0 Å². The number of carbonyl (C=O) groups excluding carboxylic acids is 3. The molecule has 4 atom stereocenters. The van der Waals surface area contributed by atoms with Gasteiger partial charge in [0, 0.05) is 19.9 Å². The van der Waals surface area contributed by atoms with Crippen LogP contribution in [0.4, 0.5) is 0 Å². The van der Waals surface area contributed by atoms with Crippen LogP contribution in [0.2, 0.25) is 0 Å². The van der Waals surface area contributed by atoms with E-state index in [-0.39, 0.29) is 35.3 Å². The molecule has 2 aromatic rings. The number of hydrogen-bond acceptors (Lipinski definition) is 9. The molecule has 7 rings (SSSR count). The van der Waals surface area contributed by atoms with Gasteiger partial charge in [0.05, 0.1) is 31.2 Å². The normalized spacial score (nSPS) is 29.3. The molecule has 38 heavy (non-hydrogen) atoms. The fraction of sp³-hybridized carbons (Fsp3) is 0.296. The van der Waals surface area contributed by atoms with Crippen molar-refractivity contribution in [3.05, 3.63) is 83.8 Å². The summed E-state index contributed by atoms with van der Waals surface area (Å²) in [5.74, 6) is -1.04. The van der Waals surface area contributed by atoms with E-state index in [0.717, 1.165) is 5.56 Å². The average Bonchev–Trinajstić information content (AvgIpc) is 3.15. The van der Waals surface area contributed by atoms with Crippen LogP contribution in [0.5, 0.6) is 11.5 Å². The maximum Gasteiger partial charge on any atom is 0.338 e. The maximum absolute atomic E-state index is 14.3. The van der Waals surface area contributed by atoms with E-state index in [1.165, 1.54) is 59.4 Å². The lowest BCUT2D eigenvalue weighted by Crippen LogP contribution is -2.77. The molecule has 1 spiro atoms. The number of hydrogen-bond donors (Lipinski definition) is 1. The van der Waals surface area contributed by atoms with Crippen LogP contribution in [0, 0.1) is 0 Å². The third-order valence-corrected chi connectivity index (χ3v) is 11.0. The summed E-state index contributed by atoms with van der Waals surface area (Å²) in [4.78, 5) is 42.2. The number of nitrogens with zero attached hydrogens (tertiary/aromatic N) is 2. The monoisotopic (exact) mass is 552 g/mol. The second-order valence-corrected chi connectivity index (χ2v) is 12.2. The molecule has 4 fully saturated rings. The van der Waals surface area contributed by atoms with Crippen LogP contribution in [0.25, 0.3) is 0 Å². The van der Waals surface area contributed by atoms with Gasteiger partial charge in [0.2, 0.25) is 0 Å². The Morgan fingerprint density at radius 1 is 1.16 bits per heavy atom. The number of fused-ring (bicyclic) bond motifs is 3. The molecule has 1 N–H and O–H groups in total. The number of benzene rings is 2. The molecule has 2 bridgehead atoms. The molecule has 0 aliphatic carbocycles. The number of ether oxygens (including phenoxy) is 3. The number of esters is 1. The van der Waals surface area contributed by atoms with Gasteiger partial charge in [0.15, 0.2) is 21.2 Å². The van der Waals surface area contributed by atoms with Crippen LogP contribution in [0.1, 0.15) is 22.3 Å². The minimum atomic E-state index is -1.16. The number of amides is 2. The van der Waals surface area contributed by atoms with Gasteiger partial charge in [-0.1, -0.05) is 51.9 Å². The van der Waals surface area contributed by atoms with Gasteiger partial charge in [-0.05, 0) is 35.4 Å². The summed E-state index contributed by atoms with van der Waals surface area (Å²) in [5.41, 5.74) is 1.74. The summed E-state index contributed by atoms with van der Waals surface area (Å²) < 4.78 is 16.5. The SMILES string of the molecule is COc1ccc(C(=O)O[C@H]2C=COC=C3C[C@]45SS[C@](Cc6ccccc6)(C(=O)N4[C@@H]32)N(C)C5=O)cc1O. The molecule has 2 amide bonds. The largest absolute Gasteiger partial charge is 0.504 e. The van der Waals surface area contributed by atoms with Crippen molar-refractivity contribution in [2.24, 2.45) is 0 Å². The number of methoxy groups -OCH3 is 1. The van der Waals surface area contributed by atoms with E-state index in [4.69, 9.17) is 14.2 Å². The van der Waals surface area contributed by atoms with Crippen LogP contribution in [0.3, 0.4) is 0 Å². The molecular formula is C27H24N2O7S2. The number of piperazine rings is 1. The Morgan fingerprint density at radius 3 is 2.68 bits per heavy atom. The number of rotatable bonds is 5. The molecule has 0 saturated carbocycles. The number of phenolic OH excluding ortho intramolecular Hbond substituents is 1. The zero-order valence-corrected chi connectivity index (χ0v) is 22.2. The highest BCUT2D eigenvalue weighted by molar-refractivity contribution is 8.78. The quantitative estimate of drug-likeness (QED) is 0.441. The highest BCUT2D eigenvalue weighted by Crippen LogP contribution is 2.65. The van der Waals surface area contributed by atoms with Crippen molar-refractivity contribution in [2.45, 2.75) is 34.7 Å². The van der Waals surface area contributed by atoms with E-state index in [0.29, 0.717) is 12.0 Å². The van der Waals surface area contributed by atoms with Crippen LogP contribution in [0.15, 0.2) is 72.7 Å². The Hall–Kier alpha value is -3.57. The minimum Gasteiger partial charge on any atom is -0.504 e. The second-order valence-electron chi connectivity index (χ2n) is 9.47. The Kier molecular flexibility index (Phi) is 5.88. The molecule has 4 saturated heterocycles. The average molecular weight is 553 g/mol. The highest BCUT2D eigenvalue weighted by atomic mass is 33.1. The van der Waals surface area contributed by atoms with Crippen LogP contribution in [-0.4, -0.2) is 68.7 Å². The topological polar surface area (TPSA) is 106 Å². The third kappa shape index (κ3) is 3.52. The van der Waals surface area contributed by atoms with Gasteiger partial charge in [-0.2, -0.15) is 0 Å². The number of carbonyl (C=O) groups is 3. The Labute approximate surface area is 226 Å². The second kappa shape index (κ2) is 9.02. The first-order valence-corrected chi connectivity index (χ1v) is 14.1. The summed E-state index contributed by atoms with van der Waals surface area (Å²) in [6.07, 6.45) is 4.19. The van der Waals surface area contributed by atoms with Gasteiger partial charge in [-0.15, -0.1) is 0 Å².